The Labute approximate surface area is 214 Å². The highest BCUT2D eigenvalue weighted by molar-refractivity contribution is 4.98. The van der Waals surface area contributed by atoms with Gasteiger partial charge in [-0.25, -0.2) is 0 Å². The Hall–Kier alpha value is -0.120. The molecule has 2 saturated heterocycles. The van der Waals surface area contributed by atoms with Crippen LogP contribution in [0.2, 0.25) is 0 Å². The van der Waals surface area contributed by atoms with Crippen LogP contribution in [0.5, 0.6) is 0 Å². The van der Waals surface area contributed by atoms with Gasteiger partial charge in [0.25, 0.3) is 0 Å². The lowest BCUT2D eigenvalue weighted by Gasteiger charge is -2.48. The summed E-state index contributed by atoms with van der Waals surface area (Å²) < 4.78 is 6.73. The second-order valence-electron chi connectivity index (χ2n) is 12.6. The molecule has 0 radical (unpaired) electrons. The van der Waals surface area contributed by atoms with Crippen molar-refractivity contribution < 1.29 is 4.74 Å². The van der Waals surface area contributed by atoms with Crippen molar-refractivity contribution in [2.45, 2.75) is 174 Å². The highest BCUT2D eigenvalue weighted by Gasteiger charge is 2.42. The fourth-order valence-electron chi connectivity index (χ4n) is 6.54. The third kappa shape index (κ3) is 10.5. The van der Waals surface area contributed by atoms with Crippen molar-refractivity contribution in [2.24, 2.45) is 0 Å². The summed E-state index contributed by atoms with van der Waals surface area (Å²) >= 11 is 0. The van der Waals surface area contributed by atoms with E-state index >= 15 is 0 Å². The molecule has 3 atom stereocenters. The first-order valence-corrected chi connectivity index (χ1v) is 15.5. The van der Waals surface area contributed by atoms with Crippen LogP contribution in [0.1, 0.15) is 151 Å². The molecule has 0 amide bonds. The molecular formula is C31H62N2O. The van der Waals surface area contributed by atoms with E-state index in [0.29, 0.717) is 17.7 Å². The van der Waals surface area contributed by atoms with E-state index in [4.69, 9.17) is 4.74 Å². The van der Waals surface area contributed by atoms with Crippen LogP contribution < -0.4 is 0 Å². The number of ether oxygens (including phenoxy) is 1. The molecule has 0 bridgehead atoms. The predicted molar refractivity (Wildman–Crippen MR) is 150 cm³/mol. The van der Waals surface area contributed by atoms with Gasteiger partial charge in [-0.15, -0.1) is 0 Å². The molecule has 0 aliphatic carbocycles. The summed E-state index contributed by atoms with van der Waals surface area (Å²) in [4.78, 5) is 5.67. The maximum atomic E-state index is 6.73. The van der Waals surface area contributed by atoms with Gasteiger partial charge in [-0.05, 0) is 46.5 Å². The molecule has 2 aliphatic rings. The molecule has 0 aromatic carbocycles. The molecule has 0 aromatic heterocycles. The minimum atomic E-state index is 0.0268. The fourth-order valence-corrected chi connectivity index (χ4v) is 6.54. The normalized spacial score (nSPS) is 23.8. The molecule has 3 nitrogen and oxygen atoms in total. The third-order valence-electron chi connectivity index (χ3n) is 8.85. The Balaban J connectivity index is 1.87. The molecule has 0 aromatic rings. The number of hydrogen-bond acceptors (Lipinski definition) is 3. The lowest BCUT2D eigenvalue weighted by Crippen LogP contribution is -2.58. The lowest BCUT2D eigenvalue weighted by molar-refractivity contribution is -0.0717. The van der Waals surface area contributed by atoms with Crippen LogP contribution in [-0.4, -0.2) is 59.3 Å². The number of rotatable bonds is 19. The number of unbranched alkanes of at least 4 members (excludes halogenated alkanes) is 10. The molecule has 1 unspecified atom stereocenters. The predicted octanol–water partition coefficient (Wildman–Crippen LogP) is 8.60. The smallest absolute Gasteiger partial charge is 0.0724 e. The van der Waals surface area contributed by atoms with Gasteiger partial charge in [-0.2, -0.15) is 0 Å². The van der Waals surface area contributed by atoms with E-state index in [1.54, 1.807) is 0 Å². The molecule has 2 fully saturated rings. The zero-order chi connectivity index (χ0) is 24.9. The van der Waals surface area contributed by atoms with Gasteiger partial charge in [-0.1, -0.05) is 104 Å². The highest BCUT2D eigenvalue weighted by Crippen LogP contribution is 2.35. The van der Waals surface area contributed by atoms with Gasteiger partial charge in [0.05, 0.1) is 11.7 Å². The summed E-state index contributed by atoms with van der Waals surface area (Å²) in [5.41, 5.74) is 0.419. The monoisotopic (exact) mass is 478 g/mol. The molecular weight excluding hydrogens is 416 g/mol. The second kappa shape index (κ2) is 15.9. The van der Waals surface area contributed by atoms with Crippen molar-refractivity contribution in [3.63, 3.8) is 0 Å². The standard InChI is InChI=1S/C31H62N2O/c1-7-10-13-16-19-22-31(6,21-18-15-12-9-3)33-24-23-32-27-29(25-28(32)26-33)34-30(4,5)20-17-14-11-8-2/h28-29H,7-27H2,1-6H3/t28-,29-,31?/m1/s1. The van der Waals surface area contributed by atoms with Crippen LogP contribution in [0.3, 0.4) is 0 Å². The first-order chi connectivity index (χ1) is 16.3. The van der Waals surface area contributed by atoms with E-state index in [-0.39, 0.29) is 5.60 Å². The van der Waals surface area contributed by atoms with Gasteiger partial charge in [0.2, 0.25) is 0 Å². The number of fused-ring (bicyclic) bond motifs is 1. The third-order valence-corrected chi connectivity index (χ3v) is 8.85. The molecule has 0 spiro atoms. The van der Waals surface area contributed by atoms with E-state index in [1.807, 2.05) is 0 Å². The van der Waals surface area contributed by atoms with E-state index in [2.05, 4.69) is 51.3 Å². The van der Waals surface area contributed by atoms with Gasteiger partial charge in [0.1, 0.15) is 0 Å². The zero-order valence-electron chi connectivity index (χ0n) is 24.3. The molecule has 2 heterocycles. The Morgan fingerprint density at radius 1 is 0.647 bits per heavy atom. The summed E-state index contributed by atoms with van der Waals surface area (Å²) in [6.45, 7) is 19.1. The molecule has 0 N–H and O–H groups in total. The van der Waals surface area contributed by atoms with Crippen LogP contribution in [-0.2, 0) is 4.74 Å². The average Bonchev–Trinajstić information content (AvgIpc) is 3.20. The molecule has 2 rings (SSSR count). The van der Waals surface area contributed by atoms with Gasteiger partial charge >= 0.3 is 0 Å². The van der Waals surface area contributed by atoms with Gasteiger partial charge in [-0.3, -0.25) is 9.80 Å². The van der Waals surface area contributed by atoms with E-state index < -0.39 is 0 Å². The summed E-state index contributed by atoms with van der Waals surface area (Å²) in [7, 11) is 0. The van der Waals surface area contributed by atoms with E-state index in [0.717, 1.165) is 6.54 Å². The van der Waals surface area contributed by atoms with Gasteiger partial charge < -0.3 is 4.74 Å². The quantitative estimate of drug-likeness (QED) is 0.173. The summed E-state index contributed by atoms with van der Waals surface area (Å²) in [6, 6.07) is 0.699. The van der Waals surface area contributed by atoms with Crippen LogP contribution in [0.25, 0.3) is 0 Å². The minimum Gasteiger partial charge on any atom is -0.371 e. The number of nitrogens with zero attached hydrogens (tertiary/aromatic N) is 2. The Morgan fingerprint density at radius 2 is 1.18 bits per heavy atom. The number of piperazine rings is 1. The maximum absolute atomic E-state index is 6.73. The van der Waals surface area contributed by atoms with E-state index in [9.17, 15) is 0 Å². The average molecular weight is 479 g/mol. The molecule has 202 valence electrons. The largest absolute Gasteiger partial charge is 0.371 e. The molecule has 3 heteroatoms. The zero-order valence-corrected chi connectivity index (χ0v) is 24.3. The first-order valence-electron chi connectivity index (χ1n) is 15.5. The van der Waals surface area contributed by atoms with Crippen molar-refractivity contribution in [3.05, 3.63) is 0 Å². The second-order valence-corrected chi connectivity index (χ2v) is 12.6. The summed E-state index contributed by atoms with van der Waals surface area (Å²) in [6.07, 6.45) is 23.5. The summed E-state index contributed by atoms with van der Waals surface area (Å²) in [5, 5.41) is 0. The number of hydrogen-bond donors (Lipinski definition) is 0. The van der Waals surface area contributed by atoms with Crippen molar-refractivity contribution in [1.82, 2.24) is 9.80 Å². The Bertz CT molecular complexity index is 522. The summed E-state index contributed by atoms with van der Waals surface area (Å²) in [5.74, 6) is 0. The molecule has 34 heavy (non-hydrogen) atoms. The highest BCUT2D eigenvalue weighted by atomic mass is 16.5. The lowest BCUT2D eigenvalue weighted by atomic mass is 9.85. The fraction of sp³-hybridized carbons (Fsp3) is 1.00. The van der Waals surface area contributed by atoms with E-state index in [1.165, 1.54) is 129 Å². The topological polar surface area (TPSA) is 15.7 Å². The van der Waals surface area contributed by atoms with Crippen molar-refractivity contribution in [3.8, 4) is 0 Å². The van der Waals surface area contributed by atoms with Gasteiger partial charge in [0.15, 0.2) is 0 Å². The Kier molecular flexibility index (Phi) is 14.1. The molecule has 2 aliphatic heterocycles. The van der Waals surface area contributed by atoms with Crippen molar-refractivity contribution in [1.29, 1.82) is 0 Å². The molecule has 0 saturated carbocycles. The minimum absolute atomic E-state index is 0.0268. The van der Waals surface area contributed by atoms with Crippen LogP contribution in [0.4, 0.5) is 0 Å². The van der Waals surface area contributed by atoms with Crippen LogP contribution in [0.15, 0.2) is 0 Å². The van der Waals surface area contributed by atoms with Crippen LogP contribution in [0, 0.1) is 0 Å². The van der Waals surface area contributed by atoms with Crippen molar-refractivity contribution in [2.75, 3.05) is 26.2 Å². The Morgan fingerprint density at radius 3 is 1.76 bits per heavy atom. The van der Waals surface area contributed by atoms with Gasteiger partial charge in [0, 0.05) is 37.8 Å². The first kappa shape index (κ1) is 30.1. The van der Waals surface area contributed by atoms with Crippen molar-refractivity contribution >= 4 is 0 Å². The maximum Gasteiger partial charge on any atom is 0.0724 e. The van der Waals surface area contributed by atoms with Crippen LogP contribution >= 0.6 is 0 Å². The SMILES string of the molecule is CCCCCCCC(C)(CCCCCC)N1CCN2C[C@H](OC(C)(C)CCCCCC)C[C@@H]2C1.